The smallest absolute Gasteiger partial charge is 0.338 e. The highest BCUT2D eigenvalue weighted by molar-refractivity contribution is 7.92. The Morgan fingerprint density at radius 2 is 1.60 bits per heavy atom. The molecule has 1 fully saturated rings. The minimum Gasteiger partial charge on any atom is -0.478 e. The van der Waals surface area contributed by atoms with E-state index in [0.717, 1.165) is 43.2 Å². The number of likely N-dealkylation sites (tertiary alicyclic amines) is 1. The number of benzene rings is 2. The summed E-state index contributed by atoms with van der Waals surface area (Å²) in [6.07, 6.45) is 5.11. The highest BCUT2D eigenvalue weighted by Gasteiger charge is 2.43. The van der Waals surface area contributed by atoms with E-state index in [1.807, 2.05) is 12.1 Å². The molecule has 0 spiro atoms. The molecule has 8 heteroatoms. The van der Waals surface area contributed by atoms with Gasteiger partial charge in [0.25, 0.3) is 10.0 Å². The van der Waals surface area contributed by atoms with Crippen molar-refractivity contribution in [2.45, 2.75) is 88.2 Å². The van der Waals surface area contributed by atoms with Crippen LogP contribution in [-0.2, 0) is 22.9 Å². The van der Waals surface area contributed by atoms with E-state index in [1.54, 1.807) is 24.3 Å². The summed E-state index contributed by atoms with van der Waals surface area (Å²) in [6.45, 7) is 8.82. The third kappa shape index (κ3) is 5.05. The van der Waals surface area contributed by atoms with E-state index in [2.05, 4.69) is 49.7 Å². The van der Waals surface area contributed by atoms with Gasteiger partial charge in [0.2, 0.25) is 0 Å². The Kier molecular flexibility index (Phi) is 6.66. The average Bonchev–Trinajstić information content (AvgIpc) is 2.76. The molecule has 0 bridgehead atoms. The Hall–Kier alpha value is -2.58. The molecular formula is C27H37N3O4S. The third-order valence-corrected chi connectivity index (χ3v) is 9.26. The normalized spacial score (nSPS) is 20.1. The fourth-order valence-electron chi connectivity index (χ4n) is 5.87. The van der Waals surface area contributed by atoms with Crippen LogP contribution in [0.2, 0.25) is 0 Å². The van der Waals surface area contributed by atoms with Gasteiger partial charge in [-0.25, -0.2) is 13.2 Å². The first kappa shape index (κ1) is 25.5. The van der Waals surface area contributed by atoms with Crippen LogP contribution in [0.3, 0.4) is 0 Å². The number of aryl methyl sites for hydroxylation is 1. The van der Waals surface area contributed by atoms with Crippen molar-refractivity contribution in [2.75, 3.05) is 17.1 Å². The Balaban J connectivity index is 1.66. The molecule has 0 amide bonds. The van der Waals surface area contributed by atoms with Crippen LogP contribution in [0, 0.1) is 0 Å². The highest BCUT2D eigenvalue weighted by Crippen LogP contribution is 2.39. The topological polar surface area (TPSA) is 98.7 Å². The van der Waals surface area contributed by atoms with E-state index in [9.17, 15) is 18.3 Å². The predicted octanol–water partition coefficient (Wildman–Crippen LogP) is 5.13. The molecule has 0 atom stereocenters. The zero-order valence-corrected chi connectivity index (χ0v) is 22.1. The molecule has 1 heterocycles. The lowest BCUT2D eigenvalue weighted by Crippen LogP contribution is -2.61. The number of piperidine rings is 1. The van der Waals surface area contributed by atoms with Crippen molar-refractivity contribution in [2.24, 2.45) is 0 Å². The number of anilines is 2. The van der Waals surface area contributed by atoms with Gasteiger partial charge in [0.15, 0.2) is 0 Å². The predicted molar refractivity (Wildman–Crippen MR) is 140 cm³/mol. The summed E-state index contributed by atoms with van der Waals surface area (Å²) in [5.74, 6) is -1.11. The van der Waals surface area contributed by atoms with Gasteiger partial charge in [0.05, 0.1) is 16.9 Å². The Morgan fingerprint density at radius 3 is 2.26 bits per heavy atom. The van der Waals surface area contributed by atoms with Crippen molar-refractivity contribution in [3.63, 3.8) is 0 Å². The number of nitrogens with one attached hydrogen (secondary N) is 2. The molecule has 0 aromatic heterocycles. The number of carboxylic acid groups (broad SMARTS) is 1. The fraction of sp³-hybridized carbons (Fsp3) is 0.519. The number of hydrogen-bond acceptors (Lipinski definition) is 5. The van der Waals surface area contributed by atoms with E-state index in [1.165, 1.54) is 0 Å². The van der Waals surface area contributed by atoms with Gasteiger partial charge in [-0.1, -0.05) is 18.2 Å². The van der Waals surface area contributed by atoms with Gasteiger partial charge in [-0.15, -0.1) is 0 Å². The summed E-state index contributed by atoms with van der Waals surface area (Å²) in [5, 5.41) is 13.4. The molecule has 1 saturated heterocycles. The van der Waals surface area contributed by atoms with E-state index in [0.29, 0.717) is 12.1 Å². The summed E-state index contributed by atoms with van der Waals surface area (Å²) in [5.41, 5.74) is 2.34. The van der Waals surface area contributed by atoms with E-state index >= 15 is 0 Å². The third-order valence-electron chi connectivity index (χ3n) is 7.84. The quantitative estimate of drug-likeness (QED) is 0.510. The molecule has 4 rings (SSSR count). The number of rotatable bonds is 6. The fourth-order valence-corrected chi connectivity index (χ4v) is 7.11. The molecule has 0 radical (unpaired) electrons. The molecular weight excluding hydrogens is 462 g/mol. The Labute approximate surface area is 209 Å². The lowest BCUT2D eigenvalue weighted by atomic mass is 9.77. The van der Waals surface area contributed by atoms with Crippen molar-refractivity contribution >= 4 is 27.4 Å². The van der Waals surface area contributed by atoms with Crippen molar-refractivity contribution in [1.29, 1.82) is 0 Å². The lowest BCUT2D eigenvalue weighted by Gasteiger charge is -2.54. The van der Waals surface area contributed by atoms with Crippen LogP contribution in [0.1, 0.15) is 74.9 Å². The summed E-state index contributed by atoms with van der Waals surface area (Å²) in [4.78, 5) is 14.6. The number of carboxylic acids is 1. The zero-order valence-electron chi connectivity index (χ0n) is 21.3. The van der Waals surface area contributed by atoms with Crippen molar-refractivity contribution in [3.05, 3.63) is 53.1 Å². The van der Waals surface area contributed by atoms with Crippen LogP contribution in [0.15, 0.2) is 41.3 Å². The van der Waals surface area contributed by atoms with Gasteiger partial charge in [0.1, 0.15) is 4.90 Å². The largest absolute Gasteiger partial charge is 0.478 e. The number of carbonyl (C=O) groups is 1. The molecule has 3 N–H and O–H groups in total. The average molecular weight is 500 g/mol. The van der Waals surface area contributed by atoms with Crippen LogP contribution in [0.4, 0.5) is 11.4 Å². The van der Waals surface area contributed by atoms with E-state index in [4.69, 9.17) is 0 Å². The van der Waals surface area contributed by atoms with E-state index < -0.39 is 16.0 Å². The van der Waals surface area contributed by atoms with Crippen LogP contribution in [-0.4, -0.2) is 48.6 Å². The first-order valence-corrected chi connectivity index (χ1v) is 13.8. The number of aromatic carboxylic acids is 1. The molecule has 1 aliphatic heterocycles. The first-order chi connectivity index (χ1) is 16.3. The summed E-state index contributed by atoms with van der Waals surface area (Å²) < 4.78 is 29.7. The Morgan fingerprint density at radius 1 is 0.971 bits per heavy atom. The molecule has 2 aliphatic rings. The molecule has 7 nitrogen and oxygen atoms in total. The number of sulfonamides is 1. The molecule has 0 unspecified atom stereocenters. The summed E-state index contributed by atoms with van der Waals surface area (Å²) >= 11 is 0. The van der Waals surface area contributed by atoms with E-state index in [-0.39, 0.29) is 33.3 Å². The maximum Gasteiger partial charge on any atom is 0.338 e. The van der Waals surface area contributed by atoms with Crippen LogP contribution in [0.5, 0.6) is 0 Å². The van der Waals surface area contributed by atoms with Crippen molar-refractivity contribution < 1.29 is 18.3 Å². The zero-order chi connectivity index (χ0) is 25.6. The maximum atomic E-state index is 13.6. The maximum absolute atomic E-state index is 13.6. The molecule has 2 aromatic carbocycles. The second-order valence-corrected chi connectivity index (χ2v) is 12.8. The molecule has 1 aliphatic carbocycles. The van der Waals surface area contributed by atoms with Gasteiger partial charge < -0.3 is 10.4 Å². The number of para-hydroxylation sites is 1. The molecule has 0 saturated carbocycles. The minimum absolute atomic E-state index is 0.0506. The summed E-state index contributed by atoms with van der Waals surface area (Å²) in [7, 11) is -1.90. The lowest BCUT2D eigenvalue weighted by molar-refractivity contribution is -0.00770. The molecule has 190 valence electrons. The first-order valence-electron chi connectivity index (χ1n) is 12.3. The molecule has 2 aromatic rings. The number of hydrogen-bond donors (Lipinski definition) is 3. The second-order valence-electron chi connectivity index (χ2n) is 11.2. The van der Waals surface area contributed by atoms with Crippen molar-refractivity contribution in [1.82, 2.24) is 4.90 Å². The van der Waals surface area contributed by atoms with Gasteiger partial charge >= 0.3 is 5.97 Å². The van der Waals surface area contributed by atoms with Gasteiger partial charge in [0, 0.05) is 17.1 Å². The summed E-state index contributed by atoms with van der Waals surface area (Å²) in [6, 6.07) is 10.4. The van der Waals surface area contributed by atoms with Crippen LogP contribution in [0.25, 0.3) is 0 Å². The van der Waals surface area contributed by atoms with Crippen molar-refractivity contribution in [3.8, 4) is 0 Å². The van der Waals surface area contributed by atoms with Gasteiger partial charge in [-0.2, -0.15) is 0 Å². The highest BCUT2D eigenvalue weighted by atomic mass is 32.2. The van der Waals surface area contributed by atoms with Crippen LogP contribution >= 0.6 is 0 Å². The standard InChI is InChI=1S/C27H37N3O4S/c1-26(2)16-19(17-27(3,4)30(26)5)28-21-12-8-9-13-23(21)35(33,34)29-22-15-14-18-10-6-7-11-20(18)24(22)25(31)32/h8-9,12-15,19,28-29H,6-7,10-11,16-17H2,1-5H3,(H,31,32). The monoisotopic (exact) mass is 499 g/mol. The minimum atomic E-state index is -4.03. The second kappa shape index (κ2) is 9.13. The SMILES string of the molecule is CN1C(C)(C)CC(Nc2ccccc2S(=O)(=O)Nc2ccc3c(c2C(=O)O)CCCC3)CC1(C)C. The molecule has 35 heavy (non-hydrogen) atoms. The number of fused-ring (bicyclic) bond motifs is 1. The number of nitrogens with zero attached hydrogens (tertiary/aromatic N) is 1. The Bertz CT molecular complexity index is 1220. The van der Waals surface area contributed by atoms with Crippen LogP contribution < -0.4 is 10.0 Å². The van der Waals surface area contributed by atoms with Gasteiger partial charge in [-0.3, -0.25) is 9.62 Å². The van der Waals surface area contributed by atoms with Gasteiger partial charge in [-0.05, 0) is 103 Å².